The average Bonchev–Trinajstić information content (AvgIpc) is 3.04. The first kappa shape index (κ1) is 18.1. The van der Waals surface area contributed by atoms with E-state index in [0.29, 0.717) is 12.8 Å². The molecule has 134 valence electrons. The molecule has 1 atom stereocenters. The summed E-state index contributed by atoms with van der Waals surface area (Å²) in [6.45, 7) is 0. The van der Waals surface area contributed by atoms with Crippen molar-refractivity contribution in [3.05, 3.63) is 65.2 Å². The van der Waals surface area contributed by atoms with E-state index in [1.165, 1.54) is 0 Å². The number of benzene rings is 2. The van der Waals surface area contributed by atoms with Gasteiger partial charge in [0.25, 0.3) is 0 Å². The first-order valence-corrected chi connectivity index (χ1v) is 9.34. The molecule has 0 spiro atoms. The fraction of sp³-hybridized carbons (Fsp3) is 0.250. The summed E-state index contributed by atoms with van der Waals surface area (Å²) in [6, 6.07) is 16.3. The van der Waals surface area contributed by atoms with Gasteiger partial charge in [-0.25, -0.2) is 9.78 Å². The molecule has 1 amide bonds. The Morgan fingerprint density at radius 3 is 2.54 bits per heavy atom. The van der Waals surface area contributed by atoms with Crippen LogP contribution in [0.3, 0.4) is 0 Å². The van der Waals surface area contributed by atoms with Crippen LogP contribution >= 0.6 is 11.3 Å². The number of carbonyl (C=O) groups is 2. The molecule has 6 heteroatoms. The van der Waals surface area contributed by atoms with Crippen LogP contribution in [0.4, 0.5) is 0 Å². The molecule has 0 aliphatic rings. The number of carboxylic acids is 1. The lowest BCUT2D eigenvalue weighted by atomic mass is 10.1. The van der Waals surface area contributed by atoms with Gasteiger partial charge in [-0.1, -0.05) is 42.5 Å². The molecule has 2 N–H and O–H groups in total. The SMILES string of the molecule is O=C(CCCc1nc2ccccc2s1)N[C@@H](Cc1ccccc1)C(=O)O. The lowest BCUT2D eigenvalue weighted by Crippen LogP contribution is -2.42. The monoisotopic (exact) mass is 368 g/mol. The topological polar surface area (TPSA) is 79.3 Å². The minimum absolute atomic E-state index is 0.241. The van der Waals surface area contributed by atoms with E-state index in [9.17, 15) is 14.7 Å². The number of thiazole rings is 1. The maximum atomic E-state index is 12.1. The molecule has 5 nitrogen and oxygen atoms in total. The zero-order valence-electron chi connectivity index (χ0n) is 14.2. The van der Waals surface area contributed by atoms with Crippen molar-refractivity contribution in [2.45, 2.75) is 31.7 Å². The second-order valence-electron chi connectivity index (χ2n) is 6.08. The van der Waals surface area contributed by atoms with Gasteiger partial charge < -0.3 is 10.4 Å². The fourth-order valence-corrected chi connectivity index (χ4v) is 3.75. The van der Waals surface area contributed by atoms with Gasteiger partial charge in [0.1, 0.15) is 6.04 Å². The van der Waals surface area contributed by atoms with E-state index in [-0.39, 0.29) is 18.7 Å². The van der Waals surface area contributed by atoms with Crippen molar-refractivity contribution in [1.82, 2.24) is 10.3 Å². The number of aliphatic carboxylic acids is 1. The molecule has 0 aliphatic carbocycles. The lowest BCUT2D eigenvalue weighted by molar-refractivity contribution is -0.141. The Bertz CT molecular complexity index is 859. The number of fused-ring (bicyclic) bond motifs is 1. The predicted octanol–water partition coefficient (Wildman–Crippen LogP) is 3.43. The Morgan fingerprint density at radius 1 is 1.08 bits per heavy atom. The minimum atomic E-state index is -1.02. The highest BCUT2D eigenvalue weighted by Gasteiger charge is 2.20. The molecule has 3 aromatic rings. The predicted molar refractivity (Wildman–Crippen MR) is 102 cm³/mol. The first-order chi connectivity index (χ1) is 12.6. The summed E-state index contributed by atoms with van der Waals surface area (Å²) in [6.07, 6.45) is 1.92. The number of carbonyl (C=O) groups excluding carboxylic acids is 1. The summed E-state index contributed by atoms with van der Waals surface area (Å²) in [4.78, 5) is 28.1. The first-order valence-electron chi connectivity index (χ1n) is 8.52. The molecule has 0 saturated heterocycles. The quantitative estimate of drug-likeness (QED) is 0.638. The standard InChI is InChI=1S/C20H20N2O3S/c23-18(21-16(20(24)25)13-14-7-2-1-3-8-14)11-6-12-19-22-15-9-4-5-10-17(15)26-19/h1-5,7-10,16H,6,11-13H2,(H,21,23)(H,24,25)/t16-/m0/s1. The van der Waals surface area contributed by atoms with Crippen molar-refractivity contribution in [2.24, 2.45) is 0 Å². The van der Waals surface area contributed by atoms with Crippen molar-refractivity contribution in [3.63, 3.8) is 0 Å². The second kappa shape index (κ2) is 8.58. The van der Waals surface area contributed by atoms with Crippen LogP contribution in [0.25, 0.3) is 10.2 Å². The second-order valence-corrected chi connectivity index (χ2v) is 7.19. The Kier molecular flexibility index (Phi) is 5.96. The third kappa shape index (κ3) is 4.89. The van der Waals surface area contributed by atoms with E-state index >= 15 is 0 Å². The van der Waals surface area contributed by atoms with Crippen LogP contribution < -0.4 is 5.32 Å². The molecular weight excluding hydrogens is 348 g/mol. The van der Waals surface area contributed by atoms with Gasteiger partial charge in [0.2, 0.25) is 5.91 Å². The summed E-state index contributed by atoms with van der Waals surface area (Å²) in [5.41, 5.74) is 1.86. The van der Waals surface area contributed by atoms with Gasteiger partial charge in [0, 0.05) is 12.8 Å². The summed E-state index contributed by atoms with van der Waals surface area (Å²) in [7, 11) is 0. The van der Waals surface area contributed by atoms with E-state index in [4.69, 9.17) is 0 Å². The van der Waals surface area contributed by atoms with Gasteiger partial charge in [-0.3, -0.25) is 4.79 Å². The van der Waals surface area contributed by atoms with E-state index in [1.807, 2.05) is 54.6 Å². The molecule has 0 bridgehead atoms. The molecule has 0 radical (unpaired) electrons. The highest BCUT2D eigenvalue weighted by molar-refractivity contribution is 7.18. The van der Waals surface area contributed by atoms with Crippen LogP contribution in [0.1, 0.15) is 23.4 Å². The zero-order valence-corrected chi connectivity index (χ0v) is 15.0. The van der Waals surface area contributed by atoms with Gasteiger partial charge in [-0.2, -0.15) is 0 Å². The Morgan fingerprint density at radius 2 is 1.81 bits per heavy atom. The van der Waals surface area contributed by atoms with E-state index in [1.54, 1.807) is 11.3 Å². The molecular formula is C20H20N2O3S. The normalized spacial score (nSPS) is 12.0. The van der Waals surface area contributed by atoms with Crippen molar-refractivity contribution in [2.75, 3.05) is 0 Å². The number of carboxylic acid groups (broad SMARTS) is 1. The Balaban J connectivity index is 1.49. The highest BCUT2D eigenvalue weighted by atomic mass is 32.1. The number of nitrogens with one attached hydrogen (secondary N) is 1. The number of para-hydroxylation sites is 1. The maximum Gasteiger partial charge on any atom is 0.326 e. The van der Waals surface area contributed by atoms with E-state index in [2.05, 4.69) is 10.3 Å². The number of aryl methyl sites for hydroxylation is 1. The molecule has 0 fully saturated rings. The van der Waals surface area contributed by atoms with Crippen LogP contribution in [0.5, 0.6) is 0 Å². The maximum absolute atomic E-state index is 12.1. The Labute approximate surface area is 155 Å². The van der Waals surface area contributed by atoms with Crippen LogP contribution in [0, 0.1) is 0 Å². The third-order valence-corrected chi connectivity index (χ3v) is 5.14. The number of hydrogen-bond donors (Lipinski definition) is 2. The third-order valence-electron chi connectivity index (χ3n) is 4.05. The average molecular weight is 368 g/mol. The molecule has 0 aliphatic heterocycles. The lowest BCUT2D eigenvalue weighted by Gasteiger charge is -2.14. The zero-order chi connectivity index (χ0) is 18.4. The van der Waals surface area contributed by atoms with Crippen molar-refractivity contribution >= 4 is 33.4 Å². The van der Waals surface area contributed by atoms with Gasteiger partial charge in [-0.05, 0) is 30.5 Å². The summed E-state index contributed by atoms with van der Waals surface area (Å²) in [5, 5.41) is 13.0. The van der Waals surface area contributed by atoms with Crippen molar-refractivity contribution < 1.29 is 14.7 Å². The number of nitrogens with zero attached hydrogens (tertiary/aromatic N) is 1. The molecule has 2 aromatic carbocycles. The van der Waals surface area contributed by atoms with Crippen LogP contribution in [-0.4, -0.2) is 28.0 Å². The molecule has 26 heavy (non-hydrogen) atoms. The highest BCUT2D eigenvalue weighted by Crippen LogP contribution is 2.22. The van der Waals surface area contributed by atoms with Crippen LogP contribution in [-0.2, 0) is 22.4 Å². The summed E-state index contributed by atoms with van der Waals surface area (Å²) in [5.74, 6) is -1.26. The molecule has 1 aromatic heterocycles. The minimum Gasteiger partial charge on any atom is -0.480 e. The Hall–Kier alpha value is -2.73. The van der Waals surface area contributed by atoms with Gasteiger partial charge in [0.05, 0.1) is 15.2 Å². The largest absolute Gasteiger partial charge is 0.480 e. The number of rotatable bonds is 8. The van der Waals surface area contributed by atoms with Crippen LogP contribution in [0.2, 0.25) is 0 Å². The van der Waals surface area contributed by atoms with Crippen molar-refractivity contribution in [3.8, 4) is 0 Å². The molecule has 0 unspecified atom stereocenters. The number of hydrogen-bond acceptors (Lipinski definition) is 4. The number of aromatic nitrogens is 1. The van der Waals surface area contributed by atoms with Gasteiger partial charge in [0.15, 0.2) is 0 Å². The van der Waals surface area contributed by atoms with Gasteiger partial charge in [-0.15, -0.1) is 11.3 Å². The summed E-state index contributed by atoms with van der Waals surface area (Å²) >= 11 is 1.63. The van der Waals surface area contributed by atoms with Gasteiger partial charge >= 0.3 is 5.97 Å². The summed E-state index contributed by atoms with van der Waals surface area (Å²) < 4.78 is 1.14. The molecule has 1 heterocycles. The fourth-order valence-electron chi connectivity index (χ4n) is 2.74. The smallest absolute Gasteiger partial charge is 0.326 e. The van der Waals surface area contributed by atoms with E-state index < -0.39 is 12.0 Å². The molecule has 0 saturated carbocycles. The number of amides is 1. The van der Waals surface area contributed by atoms with E-state index in [0.717, 1.165) is 20.8 Å². The molecule has 3 rings (SSSR count). The van der Waals surface area contributed by atoms with Crippen molar-refractivity contribution in [1.29, 1.82) is 0 Å². The van der Waals surface area contributed by atoms with Crippen LogP contribution in [0.15, 0.2) is 54.6 Å².